The number of pyridine rings is 1. The Morgan fingerprint density at radius 1 is 1.32 bits per heavy atom. The lowest BCUT2D eigenvalue weighted by atomic mass is 10.0. The summed E-state index contributed by atoms with van der Waals surface area (Å²) in [6.07, 6.45) is 7.85. The van der Waals surface area contributed by atoms with E-state index in [2.05, 4.69) is 26.5 Å². The molecule has 7 nitrogen and oxygen atoms in total. The van der Waals surface area contributed by atoms with E-state index < -0.39 is 23.7 Å². The number of nitrogens with one attached hydrogen (secondary N) is 1. The Labute approximate surface area is 159 Å². The van der Waals surface area contributed by atoms with Crippen molar-refractivity contribution in [2.45, 2.75) is 19.9 Å². The molecule has 4 aromatic heterocycles. The first-order valence-corrected chi connectivity index (χ1v) is 8.76. The van der Waals surface area contributed by atoms with E-state index in [-0.39, 0.29) is 5.39 Å². The zero-order valence-electron chi connectivity index (χ0n) is 15.3. The van der Waals surface area contributed by atoms with Crippen molar-refractivity contribution in [3.63, 3.8) is 0 Å². The minimum atomic E-state index is -0.955. The zero-order chi connectivity index (χ0) is 20.0. The van der Waals surface area contributed by atoms with Gasteiger partial charge < -0.3 is 14.7 Å². The van der Waals surface area contributed by atoms with E-state index in [9.17, 15) is 14.3 Å². The first kappa shape index (κ1) is 17.8. The summed E-state index contributed by atoms with van der Waals surface area (Å²) < 4.78 is 15.9. The molecule has 0 fully saturated rings. The van der Waals surface area contributed by atoms with Crippen LogP contribution in [0.15, 0.2) is 37.4 Å². The predicted molar refractivity (Wildman–Crippen MR) is 104 cm³/mol. The Balaban J connectivity index is 1.89. The van der Waals surface area contributed by atoms with Gasteiger partial charge in [-0.15, -0.1) is 0 Å². The van der Waals surface area contributed by atoms with Gasteiger partial charge in [-0.2, -0.15) is 0 Å². The topological polar surface area (TPSA) is 96.7 Å². The monoisotopic (exact) mass is 379 g/mol. The molecular weight excluding hydrogens is 361 g/mol. The number of hydrogen-bond acceptors (Lipinski definition) is 4. The number of rotatable bonds is 5. The molecule has 0 aromatic carbocycles. The Bertz CT molecular complexity index is 1230. The molecule has 0 aliphatic rings. The number of carboxylic acids is 1. The number of fused-ring (bicyclic) bond motifs is 2. The molecule has 2 N–H and O–H groups in total. The number of halogens is 1. The first-order chi connectivity index (χ1) is 13.4. The maximum atomic E-state index is 14.4. The van der Waals surface area contributed by atoms with E-state index in [1.54, 1.807) is 36.9 Å². The highest BCUT2D eigenvalue weighted by atomic mass is 19.1. The molecule has 0 saturated heterocycles. The summed E-state index contributed by atoms with van der Waals surface area (Å²) >= 11 is 0. The number of nitrogens with zero attached hydrogens (tertiary/aromatic N) is 4. The third-order valence-corrected chi connectivity index (χ3v) is 5.10. The Morgan fingerprint density at radius 2 is 2.11 bits per heavy atom. The van der Waals surface area contributed by atoms with Crippen molar-refractivity contribution in [2.75, 3.05) is 0 Å². The fraction of sp³-hybridized carbons (Fsp3) is 0.200. The van der Waals surface area contributed by atoms with Gasteiger partial charge in [0.15, 0.2) is 11.6 Å². The smallest absolute Gasteiger partial charge is 0.308 e. The summed E-state index contributed by atoms with van der Waals surface area (Å²) in [4.78, 5) is 27.6. The summed E-state index contributed by atoms with van der Waals surface area (Å²) in [5.41, 5.74) is 2.61. The van der Waals surface area contributed by atoms with Gasteiger partial charge in [-0.05, 0) is 25.5 Å². The number of aromatic nitrogens is 5. The van der Waals surface area contributed by atoms with Crippen molar-refractivity contribution in [1.29, 1.82) is 0 Å². The molecule has 28 heavy (non-hydrogen) atoms. The van der Waals surface area contributed by atoms with Gasteiger partial charge in [0, 0.05) is 41.8 Å². The second kappa shape index (κ2) is 6.56. The van der Waals surface area contributed by atoms with Crippen LogP contribution in [-0.2, 0) is 4.79 Å². The number of hydrogen-bond donors (Lipinski definition) is 2. The van der Waals surface area contributed by atoms with Gasteiger partial charge in [-0.1, -0.05) is 12.7 Å². The molecule has 0 aliphatic carbocycles. The lowest BCUT2D eigenvalue weighted by Crippen LogP contribution is -2.21. The fourth-order valence-corrected chi connectivity index (χ4v) is 3.19. The Morgan fingerprint density at radius 3 is 2.82 bits per heavy atom. The Hall–Kier alpha value is -3.55. The van der Waals surface area contributed by atoms with Crippen LogP contribution in [-0.4, -0.2) is 35.6 Å². The van der Waals surface area contributed by atoms with Gasteiger partial charge in [0.2, 0.25) is 0 Å². The highest BCUT2D eigenvalue weighted by Crippen LogP contribution is 2.30. The quantitative estimate of drug-likeness (QED) is 0.545. The highest BCUT2D eigenvalue weighted by molar-refractivity contribution is 5.93. The van der Waals surface area contributed by atoms with Crippen LogP contribution in [0.1, 0.15) is 25.5 Å². The maximum absolute atomic E-state index is 14.4. The molecule has 2 atom stereocenters. The van der Waals surface area contributed by atoms with Gasteiger partial charge in [-0.3, -0.25) is 4.79 Å². The average Bonchev–Trinajstić information content (AvgIpc) is 3.27. The third-order valence-electron chi connectivity index (χ3n) is 5.10. The van der Waals surface area contributed by atoms with Crippen molar-refractivity contribution < 1.29 is 14.3 Å². The van der Waals surface area contributed by atoms with E-state index in [1.165, 1.54) is 12.4 Å². The molecule has 0 bridgehead atoms. The molecule has 0 spiro atoms. The summed E-state index contributed by atoms with van der Waals surface area (Å²) in [7, 11) is 0. The molecule has 4 aromatic rings. The molecule has 4 rings (SSSR count). The van der Waals surface area contributed by atoms with Crippen molar-refractivity contribution in [3.05, 3.63) is 48.8 Å². The second-order valence-corrected chi connectivity index (χ2v) is 6.75. The molecule has 0 radical (unpaired) electrons. The summed E-state index contributed by atoms with van der Waals surface area (Å²) in [6, 6.07) is 1.44. The van der Waals surface area contributed by atoms with E-state index in [0.29, 0.717) is 17.1 Å². The van der Waals surface area contributed by atoms with Crippen molar-refractivity contribution in [1.82, 2.24) is 24.5 Å². The molecule has 0 aliphatic heterocycles. The van der Waals surface area contributed by atoms with E-state index in [1.807, 2.05) is 6.07 Å². The van der Waals surface area contributed by atoms with Crippen LogP contribution < -0.4 is 0 Å². The Kier molecular flexibility index (Phi) is 4.18. The number of aliphatic carboxylic acids is 1. The minimum Gasteiger partial charge on any atom is -0.481 e. The van der Waals surface area contributed by atoms with Crippen LogP contribution in [0.4, 0.5) is 4.39 Å². The third kappa shape index (κ3) is 2.74. The molecular formula is C20H18FN5O2. The average molecular weight is 379 g/mol. The lowest BCUT2D eigenvalue weighted by Gasteiger charge is -2.18. The van der Waals surface area contributed by atoms with E-state index in [4.69, 9.17) is 0 Å². The van der Waals surface area contributed by atoms with Crippen LogP contribution in [0.5, 0.6) is 0 Å². The lowest BCUT2D eigenvalue weighted by molar-refractivity contribution is -0.142. The summed E-state index contributed by atoms with van der Waals surface area (Å²) in [5, 5.41) is 10.4. The van der Waals surface area contributed by atoms with E-state index >= 15 is 0 Å². The van der Waals surface area contributed by atoms with Crippen molar-refractivity contribution >= 4 is 34.1 Å². The normalized spacial score (nSPS) is 13.7. The maximum Gasteiger partial charge on any atom is 0.308 e. The molecule has 4 heterocycles. The van der Waals surface area contributed by atoms with Gasteiger partial charge in [-0.25, -0.2) is 19.3 Å². The van der Waals surface area contributed by atoms with E-state index in [0.717, 1.165) is 16.5 Å². The molecule has 0 saturated carbocycles. The molecule has 8 heteroatoms. The largest absolute Gasteiger partial charge is 0.481 e. The standard InChI is InChI=1S/C20H18FN5O2/c1-4-12-5-13-14(7-23-17(13)22-6-12)18-24-8-15-16(21)9-26(19(15)25-18)11(3)10(2)20(27)28/h4-11H,1H2,2-3H3,(H,22,23)(H,27,28)/t10-,11-/m1/s1. The second-order valence-electron chi connectivity index (χ2n) is 6.75. The van der Waals surface area contributed by atoms with Gasteiger partial charge >= 0.3 is 5.97 Å². The van der Waals surface area contributed by atoms with Gasteiger partial charge in [0.25, 0.3) is 0 Å². The van der Waals surface area contributed by atoms with Crippen molar-refractivity contribution in [3.8, 4) is 11.4 Å². The van der Waals surface area contributed by atoms with Crippen LogP contribution in [0.2, 0.25) is 0 Å². The molecule has 0 unspecified atom stereocenters. The number of H-pyrrole nitrogens is 1. The number of carboxylic acid groups (broad SMARTS) is 1. The summed E-state index contributed by atoms with van der Waals surface area (Å²) in [5.74, 6) is -1.75. The SMILES string of the molecule is C=Cc1cnc2[nH]cc(-c3ncc4c(F)cn([C@H](C)[C@@H](C)C(=O)O)c4n3)c2c1. The number of aromatic amines is 1. The van der Waals surface area contributed by atoms with Crippen LogP contribution >= 0.6 is 0 Å². The minimum absolute atomic E-state index is 0.248. The van der Waals surface area contributed by atoms with Gasteiger partial charge in [0.1, 0.15) is 11.3 Å². The molecule has 0 amide bonds. The predicted octanol–water partition coefficient (Wildman–Crippen LogP) is 4.04. The van der Waals surface area contributed by atoms with Gasteiger partial charge in [0.05, 0.1) is 11.3 Å². The number of carbonyl (C=O) groups is 1. The molecule has 142 valence electrons. The summed E-state index contributed by atoms with van der Waals surface area (Å²) in [6.45, 7) is 7.07. The first-order valence-electron chi connectivity index (χ1n) is 8.76. The zero-order valence-corrected chi connectivity index (χ0v) is 15.3. The van der Waals surface area contributed by atoms with Crippen molar-refractivity contribution in [2.24, 2.45) is 5.92 Å². The fourth-order valence-electron chi connectivity index (χ4n) is 3.19. The highest BCUT2D eigenvalue weighted by Gasteiger charge is 2.24. The van der Waals surface area contributed by atoms with Crippen LogP contribution in [0.3, 0.4) is 0 Å². The van der Waals surface area contributed by atoms with Crippen LogP contribution in [0.25, 0.3) is 39.5 Å². The van der Waals surface area contributed by atoms with Crippen LogP contribution in [0, 0.1) is 11.7 Å².